The maximum atomic E-state index is 11.5. The van der Waals surface area contributed by atoms with E-state index in [4.69, 9.17) is 0 Å². The minimum Gasteiger partial charge on any atom is -0.367 e. The minimum atomic E-state index is -0.604. The highest BCUT2D eigenvalue weighted by Crippen LogP contribution is 2.34. The summed E-state index contributed by atoms with van der Waals surface area (Å²) in [6.07, 6.45) is 1.35. The van der Waals surface area contributed by atoms with Gasteiger partial charge in [-0.25, -0.2) is 0 Å². The molecule has 0 saturated carbocycles. The van der Waals surface area contributed by atoms with Crippen molar-refractivity contribution in [3.8, 4) is 0 Å². The number of hydrogen-bond acceptors (Lipinski definition) is 6. The smallest absolute Gasteiger partial charge is 0.314 e. The quantitative estimate of drug-likeness (QED) is 0.647. The van der Waals surface area contributed by atoms with Crippen molar-refractivity contribution in [3.63, 3.8) is 0 Å². The second-order valence-electron chi connectivity index (χ2n) is 4.37. The minimum absolute atomic E-state index is 0.00202. The second kappa shape index (κ2) is 5.17. The molecule has 3 rings (SSSR count). The van der Waals surface area contributed by atoms with Crippen LogP contribution in [-0.2, 0) is 0 Å². The number of hydrogen-bond donors (Lipinski definition) is 2. The molecule has 0 fully saturated rings. The molecule has 21 heavy (non-hydrogen) atoms. The van der Waals surface area contributed by atoms with Crippen LogP contribution in [0.5, 0.6) is 0 Å². The third-order valence-corrected chi connectivity index (χ3v) is 3.71. The van der Waals surface area contributed by atoms with E-state index in [-0.39, 0.29) is 5.70 Å². The van der Waals surface area contributed by atoms with Gasteiger partial charge in [0, 0.05) is 11.5 Å². The van der Waals surface area contributed by atoms with Crippen molar-refractivity contribution in [1.29, 1.82) is 0 Å². The van der Waals surface area contributed by atoms with E-state index in [1.807, 2.05) is 24.3 Å². The molecule has 0 aliphatic carbocycles. The van der Waals surface area contributed by atoms with E-state index in [1.54, 1.807) is 7.05 Å². The Balaban J connectivity index is 2.16. The molecule has 0 bridgehead atoms. The van der Waals surface area contributed by atoms with Crippen LogP contribution in [0.2, 0.25) is 0 Å². The van der Waals surface area contributed by atoms with Crippen molar-refractivity contribution in [2.45, 2.75) is 6.04 Å². The Kier molecular flexibility index (Phi) is 3.34. The number of anilines is 1. The van der Waals surface area contributed by atoms with Crippen LogP contribution in [0, 0.1) is 10.1 Å². The van der Waals surface area contributed by atoms with E-state index >= 15 is 0 Å². The molecule has 2 N–H and O–H groups in total. The van der Waals surface area contributed by atoms with Gasteiger partial charge in [-0.15, -0.1) is 0 Å². The van der Waals surface area contributed by atoms with Gasteiger partial charge in [-0.2, -0.15) is 14.8 Å². The fraction of sp³-hybridized carbons (Fsp3) is 0.167. The summed E-state index contributed by atoms with van der Waals surface area (Å²) in [6.45, 7) is 0. The summed E-state index contributed by atoms with van der Waals surface area (Å²) in [5.74, 6) is 0.761. The Morgan fingerprint density at radius 1 is 1.43 bits per heavy atom. The van der Waals surface area contributed by atoms with Crippen LogP contribution in [-0.4, -0.2) is 26.7 Å². The number of halogens is 1. The Morgan fingerprint density at radius 3 is 2.76 bits per heavy atom. The maximum absolute atomic E-state index is 11.5. The topological polar surface area (TPSA) is 97.9 Å². The maximum Gasteiger partial charge on any atom is 0.314 e. The molecule has 9 heteroatoms. The summed E-state index contributed by atoms with van der Waals surface area (Å²) in [6, 6.07) is 6.72. The molecular weight excluding hydrogens is 340 g/mol. The molecule has 0 radical (unpaired) electrons. The van der Waals surface area contributed by atoms with Crippen LogP contribution in [0.1, 0.15) is 11.6 Å². The zero-order chi connectivity index (χ0) is 15.0. The molecule has 0 amide bonds. The number of aromatic nitrogens is 3. The standard InChI is InChI=1S/C12H11BrN6O2/c1-14-11-10(19(20)21)9(7-2-4-8(13)5-3-7)17-12-15-6-16-18(11)12/h2-6,9,14H,1H3,(H,15,16,17). The SMILES string of the molecule is CNC1=C([N+](=O)[O-])C(c2ccc(Br)cc2)Nc2ncnn21. The molecular formula is C12H11BrN6O2. The van der Waals surface area contributed by atoms with Gasteiger partial charge in [0.05, 0.1) is 4.92 Å². The first kappa shape index (κ1) is 13.6. The third-order valence-electron chi connectivity index (χ3n) is 3.19. The average Bonchev–Trinajstić information content (AvgIpc) is 2.94. The number of nitrogens with one attached hydrogen (secondary N) is 2. The largest absolute Gasteiger partial charge is 0.367 e. The zero-order valence-corrected chi connectivity index (χ0v) is 12.5. The molecule has 1 aliphatic heterocycles. The Morgan fingerprint density at radius 2 is 2.14 bits per heavy atom. The Bertz CT molecular complexity index is 724. The van der Waals surface area contributed by atoms with Crippen molar-refractivity contribution in [2.24, 2.45) is 0 Å². The summed E-state index contributed by atoms with van der Waals surface area (Å²) >= 11 is 3.35. The first-order valence-corrected chi connectivity index (χ1v) is 6.90. The van der Waals surface area contributed by atoms with Gasteiger partial charge >= 0.3 is 5.70 Å². The van der Waals surface area contributed by atoms with E-state index in [1.165, 1.54) is 11.0 Å². The monoisotopic (exact) mass is 350 g/mol. The van der Waals surface area contributed by atoms with Gasteiger partial charge in [0.15, 0.2) is 0 Å². The molecule has 2 heterocycles. The van der Waals surface area contributed by atoms with Crippen LogP contribution < -0.4 is 10.6 Å². The van der Waals surface area contributed by atoms with Gasteiger partial charge in [0.1, 0.15) is 12.4 Å². The van der Waals surface area contributed by atoms with E-state index in [0.29, 0.717) is 11.8 Å². The Labute approximate surface area is 128 Å². The van der Waals surface area contributed by atoms with Gasteiger partial charge in [-0.3, -0.25) is 10.1 Å². The number of fused-ring (bicyclic) bond motifs is 1. The van der Waals surface area contributed by atoms with Gasteiger partial charge in [0.2, 0.25) is 11.8 Å². The predicted molar refractivity (Wildman–Crippen MR) is 79.8 cm³/mol. The summed E-state index contributed by atoms with van der Waals surface area (Å²) in [5, 5.41) is 21.4. The molecule has 0 saturated heterocycles. The molecule has 1 aromatic heterocycles. The molecule has 1 aromatic carbocycles. The normalized spacial score (nSPS) is 17.1. The first-order chi connectivity index (χ1) is 10.1. The highest BCUT2D eigenvalue weighted by atomic mass is 79.9. The van der Waals surface area contributed by atoms with Crippen LogP contribution in [0.4, 0.5) is 5.95 Å². The van der Waals surface area contributed by atoms with E-state index in [0.717, 1.165) is 10.0 Å². The van der Waals surface area contributed by atoms with Gasteiger partial charge < -0.3 is 10.6 Å². The Hall–Kier alpha value is -2.42. The van der Waals surface area contributed by atoms with Gasteiger partial charge in [-0.05, 0) is 17.7 Å². The lowest BCUT2D eigenvalue weighted by Gasteiger charge is -2.24. The lowest BCUT2D eigenvalue weighted by Crippen LogP contribution is -2.32. The average molecular weight is 351 g/mol. The number of nitrogens with zero attached hydrogens (tertiary/aromatic N) is 4. The van der Waals surface area contributed by atoms with Crippen molar-refractivity contribution in [2.75, 3.05) is 12.4 Å². The zero-order valence-electron chi connectivity index (χ0n) is 10.9. The van der Waals surface area contributed by atoms with Crippen molar-refractivity contribution in [1.82, 2.24) is 20.1 Å². The van der Waals surface area contributed by atoms with Crippen LogP contribution in [0.3, 0.4) is 0 Å². The molecule has 1 aliphatic rings. The fourth-order valence-electron chi connectivity index (χ4n) is 2.27. The second-order valence-corrected chi connectivity index (χ2v) is 5.28. The summed E-state index contributed by atoms with van der Waals surface area (Å²) in [7, 11) is 1.62. The molecule has 2 aromatic rings. The van der Waals surface area contributed by atoms with E-state index in [2.05, 4.69) is 36.6 Å². The van der Waals surface area contributed by atoms with E-state index < -0.39 is 11.0 Å². The number of nitro groups is 1. The van der Waals surface area contributed by atoms with Crippen LogP contribution in [0.15, 0.2) is 40.8 Å². The summed E-state index contributed by atoms with van der Waals surface area (Å²) in [5.41, 5.74) is 0.768. The van der Waals surface area contributed by atoms with Gasteiger partial charge in [0.25, 0.3) is 0 Å². The summed E-state index contributed by atoms with van der Waals surface area (Å²) < 4.78 is 2.29. The number of rotatable bonds is 3. The highest BCUT2D eigenvalue weighted by molar-refractivity contribution is 9.10. The molecule has 1 unspecified atom stereocenters. The van der Waals surface area contributed by atoms with Crippen LogP contribution in [0.25, 0.3) is 5.82 Å². The van der Waals surface area contributed by atoms with Crippen molar-refractivity contribution in [3.05, 3.63) is 56.4 Å². The first-order valence-electron chi connectivity index (χ1n) is 6.10. The van der Waals surface area contributed by atoms with Crippen LogP contribution >= 0.6 is 15.9 Å². The van der Waals surface area contributed by atoms with Gasteiger partial charge in [-0.1, -0.05) is 28.1 Å². The third kappa shape index (κ3) is 2.25. The number of benzene rings is 1. The molecule has 1 atom stereocenters. The molecule has 108 valence electrons. The molecule has 0 spiro atoms. The lowest BCUT2D eigenvalue weighted by molar-refractivity contribution is -0.429. The summed E-state index contributed by atoms with van der Waals surface area (Å²) in [4.78, 5) is 15.2. The fourth-order valence-corrected chi connectivity index (χ4v) is 2.53. The highest BCUT2D eigenvalue weighted by Gasteiger charge is 2.37. The molecule has 8 nitrogen and oxygen atoms in total. The van der Waals surface area contributed by atoms with Crippen molar-refractivity contribution < 1.29 is 4.92 Å². The van der Waals surface area contributed by atoms with E-state index in [9.17, 15) is 10.1 Å². The van der Waals surface area contributed by atoms with Crippen molar-refractivity contribution >= 4 is 27.7 Å². The predicted octanol–water partition coefficient (Wildman–Crippen LogP) is 1.83. The lowest BCUT2D eigenvalue weighted by atomic mass is 10.0.